The van der Waals surface area contributed by atoms with Crippen LogP contribution in [0.25, 0.3) is 0 Å². The van der Waals surface area contributed by atoms with Gasteiger partial charge in [-0.15, -0.1) is 16.4 Å². The first-order valence-corrected chi connectivity index (χ1v) is 10.1. The lowest BCUT2D eigenvalue weighted by Crippen LogP contribution is -2.24. The Hall–Kier alpha value is -2.19. The number of carbonyl (C=O) groups is 1. The molecule has 1 aromatic carbocycles. The molecule has 1 N–H and O–H groups in total. The van der Waals surface area contributed by atoms with Crippen LogP contribution in [0.1, 0.15) is 35.1 Å². The van der Waals surface area contributed by atoms with Gasteiger partial charge in [-0.25, -0.2) is 9.97 Å². The fraction of sp³-hybridized carbons (Fsp3) is 0.333. The van der Waals surface area contributed by atoms with E-state index < -0.39 is 0 Å². The smallest absolute Gasteiger partial charge is 0.230 e. The molecule has 0 aliphatic heterocycles. The Morgan fingerprint density at radius 1 is 1.19 bits per heavy atom. The standard InChI is InChI=1S/C18H21N5OS2/c1-10-6-11(2)16(12(3)7-10)23(14(5)24)18-20-15(9-26-18)8-25-17-19-13(4)21-22-17/h6-7,9H,8H2,1-5H3,(H,19,21,22). The summed E-state index contributed by atoms with van der Waals surface area (Å²) < 4.78 is 0. The number of amides is 1. The molecular weight excluding hydrogens is 366 g/mol. The molecule has 1 amide bonds. The van der Waals surface area contributed by atoms with E-state index in [0.29, 0.717) is 16.0 Å². The minimum atomic E-state index is -0.0433. The number of hydrogen-bond donors (Lipinski definition) is 1. The van der Waals surface area contributed by atoms with Crippen LogP contribution in [-0.2, 0) is 10.5 Å². The Labute approximate surface area is 161 Å². The number of nitrogens with one attached hydrogen (secondary N) is 1. The summed E-state index contributed by atoms with van der Waals surface area (Å²) >= 11 is 2.99. The largest absolute Gasteiger partial charge is 0.274 e. The lowest BCUT2D eigenvalue weighted by Gasteiger charge is -2.23. The average Bonchev–Trinajstić information content (AvgIpc) is 3.17. The van der Waals surface area contributed by atoms with Crippen LogP contribution in [0.4, 0.5) is 10.8 Å². The SMILES string of the molecule is CC(=O)N(c1nc(CSc2n[nH]c(C)n2)cs1)c1c(C)cc(C)cc1C. The van der Waals surface area contributed by atoms with Crippen LogP contribution in [0, 0.1) is 27.7 Å². The molecule has 136 valence electrons. The van der Waals surface area contributed by atoms with Crippen LogP contribution in [-0.4, -0.2) is 26.1 Å². The zero-order valence-electron chi connectivity index (χ0n) is 15.5. The van der Waals surface area contributed by atoms with Gasteiger partial charge in [0.2, 0.25) is 11.1 Å². The molecule has 26 heavy (non-hydrogen) atoms. The van der Waals surface area contributed by atoms with Crippen LogP contribution in [0.2, 0.25) is 0 Å². The van der Waals surface area contributed by atoms with Gasteiger partial charge in [0.05, 0.1) is 11.4 Å². The van der Waals surface area contributed by atoms with Crippen molar-refractivity contribution in [2.45, 2.75) is 45.5 Å². The minimum absolute atomic E-state index is 0.0433. The molecule has 0 saturated heterocycles. The fourth-order valence-corrected chi connectivity index (χ4v) is 4.62. The predicted octanol–water partition coefficient (Wildman–Crippen LogP) is 4.47. The number of thiazole rings is 1. The van der Waals surface area contributed by atoms with Gasteiger partial charge in [0.1, 0.15) is 5.82 Å². The number of aromatic nitrogens is 4. The number of anilines is 2. The topological polar surface area (TPSA) is 74.8 Å². The third kappa shape index (κ3) is 3.96. The maximum absolute atomic E-state index is 12.4. The molecule has 3 rings (SSSR count). The van der Waals surface area contributed by atoms with Gasteiger partial charge in [0.25, 0.3) is 0 Å². The third-order valence-corrected chi connectivity index (χ3v) is 5.59. The number of hydrogen-bond acceptors (Lipinski definition) is 6. The van der Waals surface area contributed by atoms with Gasteiger partial charge in [-0.1, -0.05) is 29.5 Å². The van der Waals surface area contributed by atoms with E-state index in [4.69, 9.17) is 0 Å². The highest BCUT2D eigenvalue weighted by Crippen LogP contribution is 2.35. The molecule has 0 saturated carbocycles. The molecule has 0 atom stereocenters. The minimum Gasteiger partial charge on any atom is -0.274 e. The van der Waals surface area contributed by atoms with E-state index in [2.05, 4.69) is 39.2 Å². The Morgan fingerprint density at radius 2 is 1.88 bits per heavy atom. The van der Waals surface area contributed by atoms with E-state index in [9.17, 15) is 4.79 Å². The molecule has 3 aromatic rings. The number of nitrogens with zero attached hydrogens (tertiary/aromatic N) is 4. The predicted molar refractivity (Wildman–Crippen MR) is 106 cm³/mol. The number of aromatic amines is 1. The van der Waals surface area contributed by atoms with Gasteiger partial charge in [0.15, 0.2) is 5.13 Å². The molecule has 0 spiro atoms. The van der Waals surface area contributed by atoms with Crippen molar-refractivity contribution in [1.29, 1.82) is 0 Å². The Morgan fingerprint density at radius 3 is 2.46 bits per heavy atom. The highest BCUT2D eigenvalue weighted by molar-refractivity contribution is 7.98. The van der Waals surface area contributed by atoms with Crippen LogP contribution < -0.4 is 4.90 Å². The molecule has 0 radical (unpaired) electrons. The van der Waals surface area contributed by atoms with Crippen molar-refractivity contribution in [3.05, 3.63) is 45.7 Å². The molecule has 0 aliphatic rings. The summed E-state index contributed by atoms with van der Waals surface area (Å²) in [6.45, 7) is 9.56. The second kappa shape index (κ2) is 7.59. The average molecular weight is 388 g/mol. The summed E-state index contributed by atoms with van der Waals surface area (Å²) in [5, 5.41) is 10.3. The maximum Gasteiger partial charge on any atom is 0.230 e. The van der Waals surface area contributed by atoms with Crippen molar-refractivity contribution in [1.82, 2.24) is 20.2 Å². The number of rotatable bonds is 5. The van der Waals surface area contributed by atoms with Crippen LogP contribution in [0.15, 0.2) is 22.7 Å². The van der Waals surface area contributed by atoms with E-state index in [1.165, 1.54) is 28.7 Å². The summed E-state index contributed by atoms with van der Waals surface area (Å²) in [5.41, 5.74) is 5.15. The van der Waals surface area contributed by atoms with E-state index in [-0.39, 0.29) is 5.91 Å². The second-order valence-corrected chi connectivity index (χ2v) is 7.99. The first kappa shape index (κ1) is 18.6. The molecule has 2 aromatic heterocycles. The van der Waals surface area contributed by atoms with Gasteiger partial charge in [0, 0.05) is 18.1 Å². The molecule has 0 unspecified atom stereocenters. The monoisotopic (exact) mass is 387 g/mol. The van der Waals surface area contributed by atoms with Gasteiger partial charge in [-0.2, -0.15) is 0 Å². The highest BCUT2D eigenvalue weighted by Gasteiger charge is 2.22. The van der Waals surface area contributed by atoms with Crippen LogP contribution in [0.3, 0.4) is 0 Å². The summed E-state index contributed by atoms with van der Waals surface area (Å²) in [6, 6.07) is 4.18. The summed E-state index contributed by atoms with van der Waals surface area (Å²) in [7, 11) is 0. The summed E-state index contributed by atoms with van der Waals surface area (Å²) in [4.78, 5) is 23.1. The third-order valence-electron chi connectivity index (χ3n) is 3.83. The Bertz CT molecular complexity index is 924. The molecule has 0 bridgehead atoms. The first-order chi connectivity index (χ1) is 12.3. The normalized spacial score (nSPS) is 11.0. The van der Waals surface area contributed by atoms with E-state index in [1.54, 1.807) is 11.8 Å². The molecular formula is C18H21N5OS2. The van der Waals surface area contributed by atoms with Crippen molar-refractivity contribution < 1.29 is 4.79 Å². The van der Waals surface area contributed by atoms with Gasteiger partial charge >= 0.3 is 0 Å². The van der Waals surface area contributed by atoms with Gasteiger partial charge in [-0.05, 0) is 38.8 Å². The van der Waals surface area contributed by atoms with Crippen molar-refractivity contribution in [3.63, 3.8) is 0 Å². The van der Waals surface area contributed by atoms with Crippen molar-refractivity contribution in [2.24, 2.45) is 0 Å². The number of carbonyl (C=O) groups excluding carboxylic acids is 1. The van der Waals surface area contributed by atoms with Crippen LogP contribution in [0.5, 0.6) is 0 Å². The molecule has 6 nitrogen and oxygen atoms in total. The quantitative estimate of drug-likeness (QED) is 0.654. The van der Waals surface area contributed by atoms with E-state index >= 15 is 0 Å². The fourth-order valence-electron chi connectivity index (χ4n) is 2.90. The number of benzene rings is 1. The van der Waals surface area contributed by atoms with E-state index in [1.807, 2.05) is 26.2 Å². The number of H-pyrrole nitrogens is 1. The number of aryl methyl sites for hydroxylation is 4. The highest BCUT2D eigenvalue weighted by atomic mass is 32.2. The summed E-state index contributed by atoms with van der Waals surface area (Å²) in [6.07, 6.45) is 0. The lowest BCUT2D eigenvalue weighted by molar-refractivity contribution is -0.115. The zero-order valence-corrected chi connectivity index (χ0v) is 17.1. The summed E-state index contributed by atoms with van der Waals surface area (Å²) in [5.74, 6) is 1.41. The Balaban J connectivity index is 1.86. The molecule has 8 heteroatoms. The second-order valence-electron chi connectivity index (χ2n) is 6.22. The van der Waals surface area contributed by atoms with Crippen molar-refractivity contribution in [2.75, 3.05) is 4.90 Å². The van der Waals surface area contributed by atoms with E-state index in [0.717, 1.165) is 28.3 Å². The molecule has 0 aliphatic carbocycles. The molecule has 0 fully saturated rings. The first-order valence-electron chi connectivity index (χ1n) is 8.20. The van der Waals surface area contributed by atoms with Gasteiger partial charge in [-0.3, -0.25) is 14.8 Å². The van der Waals surface area contributed by atoms with Crippen molar-refractivity contribution in [3.8, 4) is 0 Å². The lowest BCUT2D eigenvalue weighted by atomic mass is 10.0. The van der Waals surface area contributed by atoms with Crippen LogP contribution >= 0.6 is 23.1 Å². The number of thioether (sulfide) groups is 1. The zero-order chi connectivity index (χ0) is 18.8. The molecule has 2 heterocycles. The van der Waals surface area contributed by atoms with Crippen molar-refractivity contribution >= 4 is 39.8 Å². The Kier molecular flexibility index (Phi) is 5.43. The maximum atomic E-state index is 12.4. The van der Waals surface area contributed by atoms with Gasteiger partial charge < -0.3 is 0 Å².